The molecule has 1 rings (SSSR count). The minimum Gasteiger partial charge on any atom is -0.430 e. The third-order valence-electron chi connectivity index (χ3n) is 1.51. The molecule has 0 aliphatic carbocycles. The molecule has 4 heteroatoms. The first kappa shape index (κ1) is 9.89. The lowest BCUT2D eigenvalue weighted by molar-refractivity contribution is -0.186. The van der Waals surface area contributed by atoms with Crippen LogP contribution in [0.15, 0.2) is 24.3 Å². The van der Waals surface area contributed by atoms with Gasteiger partial charge in [-0.1, -0.05) is 18.2 Å². The average Bonchev–Trinajstić information content (AvgIpc) is 2.09. The fourth-order valence-corrected chi connectivity index (χ4v) is 0.859. The van der Waals surface area contributed by atoms with Gasteiger partial charge in [0.2, 0.25) is 0 Å². The van der Waals surface area contributed by atoms with Crippen LogP contribution in [-0.2, 0) is 0 Å². The highest BCUT2D eigenvalue weighted by Gasteiger charge is 2.31. The summed E-state index contributed by atoms with van der Waals surface area (Å²) in [7, 11) is 0. The molecule has 0 bridgehead atoms. The first-order valence-electron chi connectivity index (χ1n) is 3.73. The van der Waals surface area contributed by atoms with Gasteiger partial charge in [-0.25, -0.2) is 4.39 Å². The molecule has 0 amide bonds. The number of hydrogen-bond donors (Lipinski definition) is 0. The van der Waals surface area contributed by atoms with E-state index in [0.29, 0.717) is 5.56 Å². The van der Waals surface area contributed by atoms with Crippen LogP contribution in [0.1, 0.15) is 5.56 Å². The first-order valence-corrected chi connectivity index (χ1v) is 3.73. The Morgan fingerprint density at radius 1 is 1.31 bits per heavy atom. The lowest BCUT2D eigenvalue weighted by atomic mass is 10.2. The van der Waals surface area contributed by atoms with Crippen molar-refractivity contribution >= 4 is 0 Å². The van der Waals surface area contributed by atoms with Crippen LogP contribution >= 0.6 is 0 Å². The molecule has 0 aliphatic heterocycles. The molecule has 0 atom stereocenters. The number of ether oxygens (including phenoxy) is 1. The molecule has 72 valence electrons. The molecular weight excluding hydrogens is 181 g/mol. The predicted molar refractivity (Wildman–Crippen MR) is 42.7 cm³/mol. The summed E-state index contributed by atoms with van der Waals surface area (Å²) in [5.74, 6) is 0.00477. The lowest BCUT2D eigenvalue weighted by Crippen LogP contribution is -2.27. The smallest absolute Gasteiger partial charge is 0.427 e. The van der Waals surface area contributed by atoms with Crippen LogP contribution in [0, 0.1) is 6.92 Å². The van der Waals surface area contributed by atoms with E-state index in [1.165, 1.54) is 6.07 Å². The molecule has 0 heterocycles. The second-order valence-corrected chi connectivity index (χ2v) is 2.64. The molecule has 0 spiro atoms. The quantitative estimate of drug-likeness (QED) is 0.712. The Bertz CT molecular complexity index is 286. The number of halogens is 3. The van der Waals surface area contributed by atoms with E-state index in [1.807, 2.05) is 0 Å². The van der Waals surface area contributed by atoms with Gasteiger partial charge < -0.3 is 4.74 Å². The van der Waals surface area contributed by atoms with E-state index in [9.17, 15) is 13.2 Å². The van der Waals surface area contributed by atoms with Crippen molar-refractivity contribution in [2.24, 2.45) is 0 Å². The number of benzene rings is 1. The van der Waals surface area contributed by atoms with Gasteiger partial charge in [-0.3, -0.25) is 0 Å². The summed E-state index contributed by atoms with van der Waals surface area (Å²) in [6, 6.07) is 6.23. The summed E-state index contributed by atoms with van der Waals surface area (Å²) in [4.78, 5) is 0. The van der Waals surface area contributed by atoms with Gasteiger partial charge in [0.25, 0.3) is 0 Å². The Balaban J connectivity index is 2.80. The lowest BCUT2D eigenvalue weighted by Gasteiger charge is -2.15. The molecule has 0 saturated carbocycles. The standard InChI is InChI=1S/C9H9F3O/c1-7-4-2-3-5-8(7)13-9(11,12)6-10/h2-5H,6H2,1H3. The molecule has 0 aliphatic rings. The zero-order valence-electron chi connectivity index (χ0n) is 7.06. The Hall–Kier alpha value is -1.19. The summed E-state index contributed by atoms with van der Waals surface area (Å²) in [6.07, 6.45) is -3.73. The van der Waals surface area contributed by atoms with Crippen molar-refractivity contribution in [2.75, 3.05) is 6.67 Å². The molecule has 0 aromatic heterocycles. The molecule has 0 radical (unpaired) electrons. The van der Waals surface area contributed by atoms with Crippen LogP contribution in [0.2, 0.25) is 0 Å². The number of alkyl halides is 3. The van der Waals surface area contributed by atoms with E-state index in [1.54, 1.807) is 25.1 Å². The van der Waals surface area contributed by atoms with Gasteiger partial charge in [0.15, 0.2) is 6.67 Å². The molecule has 1 aromatic carbocycles. The maximum atomic E-state index is 12.4. The number of aryl methyl sites for hydroxylation is 1. The number of rotatable bonds is 3. The Labute approximate surface area is 74.1 Å². The zero-order chi connectivity index (χ0) is 9.90. The second-order valence-electron chi connectivity index (χ2n) is 2.64. The van der Waals surface area contributed by atoms with Gasteiger partial charge in [0.05, 0.1) is 0 Å². The summed E-state index contributed by atoms with van der Waals surface area (Å²) in [5, 5.41) is 0. The fourth-order valence-electron chi connectivity index (χ4n) is 0.859. The van der Waals surface area contributed by atoms with E-state index in [0.717, 1.165) is 0 Å². The summed E-state index contributed by atoms with van der Waals surface area (Å²) in [6.45, 7) is -0.203. The highest BCUT2D eigenvalue weighted by atomic mass is 19.3. The average molecular weight is 190 g/mol. The van der Waals surface area contributed by atoms with Crippen molar-refractivity contribution in [3.05, 3.63) is 29.8 Å². The third kappa shape index (κ3) is 2.65. The topological polar surface area (TPSA) is 9.23 Å². The number of para-hydroxylation sites is 1. The number of hydrogen-bond acceptors (Lipinski definition) is 1. The monoisotopic (exact) mass is 190 g/mol. The second kappa shape index (κ2) is 3.68. The van der Waals surface area contributed by atoms with Gasteiger partial charge in [-0.05, 0) is 18.6 Å². The summed E-state index contributed by atoms with van der Waals surface area (Å²) < 4.78 is 40.7. The molecule has 13 heavy (non-hydrogen) atoms. The van der Waals surface area contributed by atoms with Gasteiger partial charge in [-0.2, -0.15) is 8.78 Å². The van der Waals surface area contributed by atoms with E-state index in [2.05, 4.69) is 4.74 Å². The molecule has 0 unspecified atom stereocenters. The maximum absolute atomic E-state index is 12.4. The molecule has 0 saturated heterocycles. The van der Waals surface area contributed by atoms with E-state index < -0.39 is 12.8 Å². The van der Waals surface area contributed by atoms with Crippen molar-refractivity contribution in [1.29, 1.82) is 0 Å². The Morgan fingerprint density at radius 2 is 1.92 bits per heavy atom. The summed E-state index contributed by atoms with van der Waals surface area (Å²) >= 11 is 0. The van der Waals surface area contributed by atoms with Crippen LogP contribution in [0.5, 0.6) is 5.75 Å². The fraction of sp³-hybridized carbons (Fsp3) is 0.333. The largest absolute Gasteiger partial charge is 0.430 e. The molecule has 1 nitrogen and oxygen atoms in total. The van der Waals surface area contributed by atoms with Gasteiger partial charge >= 0.3 is 6.11 Å². The normalized spacial score (nSPS) is 11.4. The van der Waals surface area contributed by atoms with E-state index in [4.69, 9.17) is 0 Å². The van der Waals surface area contributed by atoms with Gasteiger partial charge in [0, 0.05) is 0 Å². The highest BCUT2D eigenvalue weighted by molar-refractivity contribution is 5.31. The minimum atomic E-state index is -3.73. The van der Waals surface area contributed by atoms with Crippen LogP contribution in [0.4, 0.5) is 13.2 Å². The van der Waals surface area contributed by atoms with Crippen molar-refractivity contribution in [2.45, 2.75) is 13.0 Å². The molecular formula is C9H9F3O. The van der Waals surface area contributed by atoms with Crippen LogP contribution in [0.3, 0.4) is 0 Å². The zero-order valence-corrected chi connectivity index (χ0v) is 7.06. The summed E-state index contributed by atoms with van der Waals surface area (Å²) in [5.41, 5.74) is 0.552. The van der Waals surface area contributed by atoms with Crippen LogP contribution in [0.25, 0.3) is 0 Å². The van der Waals surface area contributed by atoms with Crippen molar-refractivity contribution < 1.29 is 17.9 Å². The van der Waals surface area contributed by atoms with Crippen LogP contribution in [-0.4, -0.2) is 12.8 Å². The predicted octanol–water partition coefficient (Wildman–Crippen LogP) is 2.94. The SMILES string of the molecule is Cc1ccccc1OC(F)(F)CF. The van der Waals surface area contributed by atoms with Crippen molar-refractivity contribution in [3.63, 3.8) is 0 Å². The van der Waals surface area contributed by atoms with Crippen molar-refractivity contribution in [1.82, 2.24) is 0 Å². The van der Waals surface area contributed by atoms with Gasteiger partial charge in [0.1, 0.15) is 5.75 Å². The Morgan fingerprint density at radius 3 is 2.46 bits per heavy atom. The highest BCUT2D eigenvalue weighted by Crippen LogP contribution is 2.24. The molecule has 0 fully saturated rings. The minimum absolute atomic E-state index is 0.00477. The van der Waals surface area contributed by atoms with Crippen molar-refractivity contribution in [3.8, 4) is 5.75 Å². The Kier molecular flexibility index (Phi) is 2.80. The molecule has 1 aromatic rings. The maximum Gasteiger partial charge on any atom is 0.427 e. The third-order valence-corrected chi connectivity index (χ3v) is 1.51. The van der Waals surface area contributed by atoms with Gasteiger partial charge in [-0.15, -0.1) is 0 Å². The first-order chi connectivity index (χ1) is 6.05. The van der Waals surface area contributed by atoms with Crippen LogP contribution < -0.4 is 4.74 Å². The van der Waals surface area contributed by atoms with E-state index >= 15 is 0 Å². The molecule has 0 N–H and O–H groups in total. The van der Waals surface area contributed by atoms with E-state index in [-0.39, 0.29) is 5.75 Å².